The molecule has 1 aliphatic rings. The van der Waals surface area contributed by atoms with E-state index in [2.05, 4.69) is 0 Å². The van der Waals surface area contributed by atoms with Gasteiger partial charge in [0.15, 0.2) is 24.2 Å². The van der Waals surface area contributed by atoms with E-state index >= 15 is 0 Å². The lowest BCUT2D eigenvalue weighted by Gasteiger charge is -2.29. The molecule has 3 heterocycles. The fraction of sp³-hybridized carbons (Fsp3) is 0.238. The van der Waals surface area contributed by atoms with Crippen LogP contribution in [0.3, 0.4) is 0 Å². The van der Waals surface area contributed by atoms with Crippen molar-refractivity contribution in [1.29, 1.82) is 0 Å². The summed E-state index contributed by atoms with van der Waals surface area (Å²) in [6.45, 7) is 0.352. The molecule has 2 aromatic heterocycles. The average Bonchev–Trinajstić information content (AvgIpc) is 3.43. The quantitative estimate of drug-likeness (QED) is 0.582. The first-order chi connectivity index (χ1) is 14.1. The van der Waals surface area contributed by atoms with Gasteiger partial charge in [0.25, 0.3) is 5.91 Å². The second kappa shape index (κ2) is 8.40. The normalized spacial score (nSPS) is 15.0. The summed E-state index contributed by atoms with van der Waals surface area (Å²) in [5.41, 5.74) is 0.734. The molecule has 150 valence electrons. The lowest BCUT2D eigenvalue weighted by atomic mass is 10.2. The third-order valence-corrected chi connectivity index (χ3v) is 5.39. The SMILES string of the molecule is CN(CC1COc2ccccc2O1)C(=O)COC(=O)c1sccc1-n1cccc1. The van der Waals surface area contributed by atoms with E-state index < -0.39 is 5.97 Å². The Morgan fingerprint density at radius 2 is 1.93 bits per heavy atom. The standard InChI is InChI=1S/C21H20N2O5S/c1-22(12-15-13-26-17-6-2-3-7-18(17)28-15)19(24)14-27-21(25)20-16(8-11-29-20)23-9-4-5-10-23/h2-11,15H,12-14H2,1H3. The predicted octanol–water partition coefficient (Wildman–Crippen LogP) is 2.99. The molecule has 0 N–H and O–H groups in total. The van der Waals surface area contributed by atoms with E-state index in [0.717, 1.165) is 5.69 Å². The molecule has 4 rings (SSSR count). The van der Waals surface area contributed by atoms with Crippen molar-refractivity contribution in [2.24, 2.45) is 0 Å². The Bertz CT molecular complexity index is 998. The van der Waals surface area contributed by atoms with E-state index in [1.165, 1.54) is 16.2 Å². The summed E-state index contributed by atoms with van der Waals surface area (Å²) < 4.78 is 18.6. The van der Waals surface area contributed by atoms with Crippen molar-refractivity contribution in [3.63, 3.8) is 0 Å². The van der Waals surface area contributed by atoms with Crippen LogP contribution in [-0.4, -0.2) is 54.3 Å². The predicted molar refractivity (Wildman–Crippen MR) is 108 cm³/mol. The van der Waals surface area contributed by atoms with Crippen LogP contribution in [-0.2, 0) is 9.53 Å². The van der Waals surface area contributed by atoms with Gasteiger partial charge in [0.1, 0.15) is 11.5 Å². The van der Waals surface area contributed by atoms with Crippen LogP contribution in [0.1, 0.15) is 9.67 Å². The molecule has 0 fully saturated rings. The van der Waals surface area contributed by atoms with Crippen LogP contribution in [0.15, 0.2) is 60.2 Å². The summed E-state index contributed by atoms with van der Waals surface area (Å²) in [5, 5.41) is 1.82. The van der Waals surface area contributed by atoms with Crippen molar-refractivity contribution in [1.82, 2.24) is 9.47 Å². The Kier molecular flexibility index (Phi) is 5.53. The van der Waals surface area contributed by atoms with Gasteiger partial charge >= 0.3 is 5.97 Å². The first-order valence-electron chi connectivity index (χ1n) is 9.12. The topological polar surface area (TPSA) is 70.0 Å². The highest BCUT2D eigenvalue weighted by Gasteiger charge is 2.24. The molecule has 0 bridgehead atoms. The number of esters is 1. The number of para-hydroxylation sites is 2. The highest BCUT2D eigenvalue weighted by Crippen LogP contribution is 2.31. The molecule has 1 atom stereocenters. The minimum absolute atomic E-state index is 0.285. The maximum Gasteiger partial charge on any atom is 0.350 e. The van der Waals surface area contributed by atoms with E-state index in [9.17, 15) is 9.59 Å². The molecule has 1 unspecified atom stereocenters. The van der Waals surface area contributed by atoms with Crippen LogP contribution in [0.25, 0.3) is 5.69 Å². The van der Waals surface area contributed by atoms with Crippen molar-refractivity contribution in [2.75, 3.05) is 26.8 Å². The molecule has 0 spiro atoms. The zero-order valence-electron chi connectivity index (χ0n) is 15.8. The first kappa shape index (κ1) is 19.1. The number of fused-ring (bicyclic) bond motifs is 1. The minimum atomic E-state index is -0.517. The maximum absolute atomic E-state index is 12.4. The molecule has 1 aliphatic heterocycles. The number of rotatable bonds is 6. The van der Waals surface area contributed by atoms with E-state index in [1.807, 2.05) is 64.8 Å². The van der Waals surface area contributed by atoms with Gasteiger partial charge in [-0.05, 0) is 35.7 Å². The van der Waals surface area contributed by atoms with Gasteiger partial charge in [0, 0.05) is 19.4 Å². The molecule has 8 heteroatoms. The maximum atomic E-state index is 12.4. The molecule has 0 radical (unpaired) electrons. The first-order valence-corrected chi connectivity index (χ1v) is 10.00. The Morgan fingerprint density at radius 3 is 2.72 bits per heavy atom. The monoisotopic (exact) mass is 412 g/mol. The fourth-order valence-corrected chi connectivity index (χ4v) is 3.80. The van der Waals surface area contributed by atoms with Gasteiger partial charge in [-0.3, -0.25) is 4.79 Å². The summed E-state index contributed by atoms with van der Waals surface area (Å²) in [7, 11) is 1.65. The van der Waals surface area contributed by atoms with Gasteiger partial charge in [0.2, 0.25) is 0 Å². The Labute approximate surface area is 172 Å². The second-order valence-corrected chi connectivity index (χ2v) is 7.49. The van der Waals surface area contributed by atoms with Crippen LogP contribution in [0.2, 0.25) is 0 Å². The number of carbonyl (C=O) groups excluding carboxylic acids is 2. The van der Waals surface area contributed by atoms with Crippen molar-refractivity contribution in [3.05, 3.63) is 65.1 Å². The smallest absolute Gasteiger partial charge is 0.350 e. The van der Waals surface area contributed by atoms with Crippen LogP contribution in [0.4, 0.5) is 0 Å². The summed E-state index contributed by atoms with van der Waals surface area (Å²) in [6.07, 6.45) is 3.41. The van der Waals surface area contributed by atoms with Crippen LogP contribution in [0.5, 0.6) is 11.5 Å². The van der Waals surface area contributed by atoms with E-state index in [0.29, 0.717) is 29.5 Å². The number of thiophene rings is 1. The zero-order valence-corrected chi connectivity index (χ0v) is 16.6. The van der Waals surface area contributed by atoms with E-state index in [4.69, 9.17) is 14.2 Å². The van der Waals surface area contributed by atoms with Crippen molar-refractivity contribution in [2.45, 2.75) is 6.10 Å². The number of ether oxygens (including phenoxy) is 3. The lowest BCUT2D eigenvalue weighted by molar-refractivity contribution is -0.134. The summed E-state index contributed by atoms with van der Waals surface area (Å²) in [4.78, 5) is 26.8. The largest absolute Gasteiger partial charge is 0.486 e. The van der Waals surface area contributed by atoms with Crippen molar-refractivity contribution in [3.8, 4) is 17.2 Å². The molecule has 0 aliphatic carbocycles. The number of hydrogen-bond donors (Lipinski definition) is 0. The number of nitrogens with zero attached hydrogens (tertiary/aromatic N) is 2. The molecule has 29 heavy (non-hydrogen) atoms. The Hall–Kier alpha value is -3.26. The Balaban J connectivity index is 1.30. The number of carbonyl (C=O) groups is 2. The number of aromatic nitrogens is 1. The van der Waals surface area contributed by atoms with Crippen LogP contribution in [0, 0.1) is 0 Å². The van der Waals surface area contributed by atoms with Gasteiger partial charge in [-0.25, -0.2) is 4.79 Å². The molecule has 3 aromatic rings. The highest BCUT2D eigenvalue weighted by atomic mass is 32.1. The van der Waals surface area contributed by atoms with Gasteiger partial charge < -0.3 is 23.7 Å². The zero-order chi connectivity index (χ0) is 20.2. The summed E-state index contributed by atoms with van der Waals surface area (Å²) >= 11 is 1.28. The Morgan fingerprint density at radius 1 is 1.17 bits per heavy atom. The van der Waals surface area contributed by atoms with Crippen molar-refractivity contribution >= 4 is 23.2 Å². The van der Waals surface area contributed by atoms with E-state index in [1.54, 1.807) is 7.05 Å². The summed E-state index contributed by atoms with van der Waals surface area (Å²) in [5.74, 6) is 0.531. The number of amides is 1. The van der Waals surface area contributed by atoms with Crippen LogP contribution >= 0.6 is 11.3 Å². The minimum Gasteiger partial charge on any atom is -0.486 e. The van der Waals surface area contributed by atoms with Gasteiger partial charge in [-0.1, -0.05) is 12.1 Å². The van der Waals surface area contributed by atoms with Crippen LogP contribution < -0.4 is 9.47 Å². The van der Waals surface area contributed by atoms with Gasteiger partial charge in [-0.2, -0.15) is 0 Å². The molecule has 0 saturated heterocycles. The molecular weight excluding hydrogens is 392 g/mol. The molecule has 1 aromatic carbocycles. The third kappa shape index (κ3) is 4.27. The molecule has 7 nitrogen and oxygen atoms in total. The van der Waals surface area contributed by atoms with Gasteiger partial charge in [-0.15, -0.1) is 11.3 Å². The van der Waals surface area contributed by atoms with Gasteiger partial charge in [0.05, 0.1) is 12.2 Å². The summed E-state index contributed by atoms with van der Waals surface area (Å²) in [6, 6.07) is 13.0. The van der Waals surface area contributed by atoms with Crippen molar-refractivity contribution < 1.29 is 23.8 Å². The second-order valence-electron chi connectivity index (χ2n) is 6.57. The molecular formula is C21H20N2O5S. The average molecular weight is 412 g/mol. The number of likely N-dealkylation sites (N-methyl/N-ethyl adjacent to an activating group) is 1. The number of hydrogen-bond acceptors (Lipinski definition) is 6. The van der Waals surface area contributed by atoms with E-state index in [-0.39, 0.29) is 18.6 Å². The molecule has 1 amide bonds. The number of benzene rings is 1. The highest BCUT2D eigenvalue weighted by molar-refractivity contribution is 7.12. The lowest BCUT2D eigenvalue weighted by Crippen LogP contribution is -2.43. The fourth-order valence-electron chi connectivity index (χ4n) is 3.02. The third-order valence-electron chi connectivity index (χ3n) is 4.51. The molecule has 0 saturated carbocycles.